The average Bonchev–Trinajstić information content (AvgIpc) is 3.01. The van der Waals surface area contributed by atoms with Gasteiger partial charge in [-0.05, 0) is 30.5 Å². The first kappa shape index (κ1) is 12.5. The van der Waals surface area contributed by atoms with E-state index >= 15 is 0 Å². The van der Waals surface area contributed by atoms with Gasteiger partial charge in [-0.15, -0.1) is 11.3 Å². The van der Waals surface area contributed by atoms with Crippen LogP contribution in [0.25, 0.3) is 11.3 Å². The molecule has 96 valence electrons. The minimum Gasteiger partial charge on any atom is -0.345 e. The minimum atomic E-state index is 0.746. The van der Waals surface area contributed by atoms with Crippen molar-refractivity contribution in [1.82, 2.24) is 9.97 Å². The molecule has 0 amide bonds. The van der Waals surface area contributed by atoms with Crippen molar-refractivity contribution in [3.63, 3.8) is 0 Å². The maximum atomic E-state index is 5.91. The molecule has 2 nitrogen and oxygen atoms in total. The molecule has 1 aromatic carbocycles. The van der Waals surface area contributed by atoms with Crippen LogP contribution in [0.15, 0.2) is 41.8 Å². The van der Waals surface area contributed by atoms with Gasteiger partial charge in [-0.2, -0.15) is 0 Å². The molecule has 2 aromatic heterocycles. The van der Waals surface area contributed by atoms with E-state index in [-0.39, 0.29) is 0 Å². The first-order chi connectivity index (χ1) is 9.22. The van der Waals surface area contributed by atoms with Crippen LogP contribution in [0, 0.1) is 6.92 Å². The summed E-state index contributed by atoms with van der Waals surface area (Å²) in [4.78, 5) is 9.37. The number of rotatable bonds is 3. The fraction of sp³-hybridized carbons (Fsp3) is 0.133. The third-order valence-electron chi connectivity index (χ3n) is 2.97. The third kappa shape index (κ3) is 2.72. The summed E-state index contributed by atoms with van der Waals surface area (Å²) in [5, 5.41) is 2.83. The van der Waals surface area contributed by atoms with E-state index in [0.29, 0.717) is 0 Å². The number of imidazole rings is 1. The number of nitrogens with one attached hydrogen (secondary N) is 1. The van der Waals surface area contributed by atoms with Crippen molar-refractivity contribution in [3.05, 3.63) is 63.2 Å². The molecule has 0 bridgehead atoms. The molecule has 0 atom stereocenters. The molecule has 3 rings (SSSR count). The molecule has 0 aliphatic carbocycles. The van der Waals surface area contributed by atoms with Crippen LogP contribution in [0.2, 0.25) is 5.02 Å². The van der Waals surface area contributed by atoms with Gasteiger partial charge >= 0.3 is 0 Å². The van der Waals surface area contributed by atoms with Gasteiger partial charge in [-0.3, -0.25) is 0 Å². The summed E-state index contributed by atoms with van der Waals surface area (Å²) >= 11 is 7.67. The number of aromatic nitrogens is 2. The molecule has 0 saturated heterocycles. The zero-order valence-corrected chi connectivity index (χ0v) is 12.1. The summed E-state index contributed by atoms with van der Waals surface area (Å²) in [5.74, 6) is 1.00. The lowest BCUT2D eigenvalue weighted by atomic mass is 10.1. The lowest BCUT2D eigenvalue weighted by Gasteiger charge is -1.98. The Bertz CT molecular complexity index is 669. The van der Waals surface area contributed by atoms with Crippen LogP contribution in [0.5, 0.6) is 0 Å². The number of hydrogen-bond acceptors (Lipinski definition) is 2. The standard InChI is InChI=1S/C15H13ClN2S/c1-10-15(11-4-6-12(16)7-5-11)18-14(17-10)9-13-3-2-8-19-13/h2-8H,9H2,1H3,(H,17,18). The summed E-state index contributed by atoms with van der Waals surface area (Å²) in [5.41, 5.74) is 3.19. The topological polar surface area (TPSA) is 28.7 Å². The highest BCUT2D eigenvalue weighted by molar-refractivity contribution is 7.09. The number of H-pyrrole nitrogens is 1. The van der Waals surface area contributed by atoms with E-state index in [1.807, 2.05) is 24.3 Å². The van der Waals surface area contributed by atoms with E-state index in [1.165, 1.54) is 4.88 Å². The van der Waals surface area contributed by atoms with Crippen LogP contribution >= 0.6 is 22.9 Å². The average molecular weight is 289 g/mol. The van der Waals surface area contributed by atoms with Crippen LogP contribution in [0.4, 0.5) is 0 Å². The second kappa shape index (κ2) is 5.19. The zero-order valence-electron chi connectivity index (χ0n) is 10.5. The first-order valence-electron chi connectivity index (χ1n) is 6.06. The van der Waals surface area contributed by atoms with E-state index in [1.54, 1.807) is 11.3 Å². The third-order valence-corrected chi connectivity index (χ3v) is 4.10. The normalized spacial score (nSPS) is 10.8. The number of hydrogen-bond donors (Lipinski definition) is 1. The fourth-order valence-corrected chi connectivity index (χ4v) is 2.91. The van der Waals surface area contributed by atoms with Gasteiger partial charge in [-0.1, -0.05) is 29.8 Å². The predicted molar refractivity (Wildman–Crippen MR) is 80.9 cm³/mol. The Kier molecular flexibility index (Phi) is 3.40. The van der Waals surface area contributed by atoms with E-state index in [9.17, 15) is 0 Å². The van der Waals surface area contributed by atoms with Gasteiger partial charge in [0.15, 0.2) is 0 Å². The second-order valence-electron chi connectivity index (χ2n) is 4.42. The molecule has 0 saturated carbocycles. The molecule has 2 heterocycles. The van der Waals surface area contributed by atoms with Gasteiger partial charge < -0.3 is 4.98 Å². The molecule has 1 N–H and O–H groups in total. The number of aryl methyl sites for hydroxylation is 1. The smallest absolute Gasteiger partial charge is 0.112 e. The molecular weight excluding hydrogens is 276 g/mol. The van der Waals surface area contributed by atoms with Gasteiger partial charge in [0.25, 0.3) is 0 Å². The van der Waals surface area contributed by atoms with Crippen molar-refractivity contribution in [3.8, 4) is 11.3 Å². The monoisotopic (exact) mass is 288 g/mol. The highest BCUT2D eigenvalue weighted by Gasteiger charge is 2.09. The number of thiophene rings is 1. The van der Waals surface area contributed by atoms with E-state index < -0.39 is 0 Å². The quantitative estimate of drug-likeness (QED) is 0.744. The highest BCUT2D eigenvalue weighted by atomic mass is 35.5. The highest BCUT2D eigenvalue weighted by Crippen LogP contribution is 2.24. The van der Waals surface area contributed by atoms with Crippen LogP contribution in [0.3, 0.4) is 0 Å². The SMILES string of the molecule is Cc1[nH]c(Cc2cccs2)nc1-c1ccc(Cl)cc1. The van der Waals surface area contributed by atoms with Crippen molar-refractivity contribution in [2.24, 2.45) is 0 Å². The van der Waals surface area contributed by atoms with Crippen LogP contribution in [-0.4, -0.2) is 9.97 Å². The Hall–Kier alpha value is -1.58. The Morgan fingerprint density at radius 1 is 1.21 bits per heavy atom. The zero-order chi connectivity index (χ0) is 13.2. The summed E-state index contributed by atoms with van der Waals surface area (Å²) in [6, 6.07) is 12.0. The van der Waals surface area contributed by atoms with Gasteiger partial charge in [0.05, 0.1) is 5.69 Å². The van der Waals surface area contributed by atoms with Gasteiger partial charge in [0.2, 0.25) is 0 Å². The lowest BCUT2D eigenvalue weighted by molar-refractivity contribution is 1.03. The van der Waals surface area contributed by atoms with E-state index in [0.717, 1.165) is 34.2 Å². The van der Waals surface area contributed by atoms with E-state index in [2.05, 4.69) is 29.4 Å². The van der Waals surface area contributed by atoms with Crippen molar-refractivity contribution < 1.29 is 0 Å². The Morgan fingerprint density at radius 3 is 2.68 bits per heavy atom. The molecular formula is C15H13ClN2S. The molecule has 0 aliphatic rings. The summed E-state index contributed by atoms with van der Waals surface area (Å²) in [7, 11) is 0. The lowest BCUT2D eigenvalue weighted by Crippen LogP contribution is -1.87. The van der Waals surface area contributed by atoms with Gasteiger partial charge in [-0.25, -0.2) is 4.98 Å². The van der Waals surface area contributed by atoms with Crippen LogP contribution < -0.4 is 0 Å². The molecule has 0 unspecified atom stereocenters. The Balaban J connectivity index is 1.91. The van der Waals surface area contributed by atoms with Gasteiger partial charge in [0, 0.05) is 27.6 Å². The minimum absolute atomic E-state index is 0.746. The number of halogens is 1. The molecule has 0 radical (unpaired) electrons. The first-order valence-corrected chi connectivity index (χ1v) is 7.32. The van der Waals surface area contributed by atoms with Crippen LogP contribution in [-0.2, 0) is 6.42 Å². The van der Waals surface area contributed by atoms with Crippen molar-refractivity contribution in [2.75, 3.05) is 0 Å². The summed E-state index contributed by atoms with van der Waals surface area (Å²) in [6.45, 7) is 2.05. The van der Waals surface area contributed by atoms with Gasteiger partial charge in [0.1, 0.15) is 5.82 Å². The molecule has 0 aliphatic heterocycles. The Labute approximate surface area is 121 Å². The van der Waals surface area contributed by atoms with Crippen molar-refractivity contribution >= 4 is 22.9 Å². The number of aromatic amines is 1. The summed E-state index contributed by atoms with van der Waals surface area (Å²) in [6.07, 6.45) is 0.853. The van der Waals surface area contributed by atoms with E-state index in [4.69, 9.17) is 16.6 Å². The van der Waals surface area contributed by atoms with Crippen molar-refractivity contribution in [1.29, 1.82) is 0 Å². The maximum Gasteiger partial charge on any atom is 0.112 e. The molecule has 0 fully saturated rings. The second-order valence-corrected chi connectivity index (χ2v) is 5.89. The molecule has 19 heavy (non-hydrogen) atoms. The molecule has 0 spiro atoms. The number of nitrogens with zero attached hydrogens (tertiary/aromatic N) is 1. The van der Waals surface area contributed by atoms with Crippen molar-refractivity contribution in [2.45, 2.75) is 13.3 Å². The fourth-order valence-electron chi connectivity index (χ4n) is 2.07. The molecule has 4 heteroatoms. The Morgan fingerprint density at radius 2 is 2.00 bits per heavy atom. The number of benzene rings is 1. The maximum absolute atomic E-state index is 5.91. The largest absolute Gasteiger partial charge is 0.345 e. The molecule has 3 aromatic rings. The summed E-state index contributed by atoms with van der Waals surface area (Å²) < 4.78 is 0. The van der Waals surface area contributed by atoms with Crippen LogP contribution in [0.1, 0.15) is 16.4 Å². The predicted octanol–water partition coefficient (Wildman–Crippen LogP) is 4.69.